The van der Waals surface area contributed by atoms with E-state index in [9.17, 15) is 18.0 Å². The molecule has 1 atom stereocenters. The third-order valence-corrected chi connectivity index (χ3v) is 4.98. The molecule has 0 aromatic heterocycles. The molecule has 1 aliphatic rings. The normalized spacial score (nSPS) is 16.2. The van der Waals surface area contributed by atoms with Gasteiger partial charge in [0.05, 0.1) is 5.56 Å². The Labute approximate surface area is 162 Å². The minimum Gasteiger partial charge on any atom is -0.354 e. The minimum absolute atomic E-state index is 0. The molecule has 1 fully saturated rings. The van der Waals surface area contributed by atoms with Crippen LogP contribution in [-0.4, -0.2) is 12.5 Å². The lowest BCUT2D eigenvalue weighted by Gasteiger charge is -2.20. The number of hydrogen-bond acceptors (Lipinski definition) is 2. The molecule has 0 spiro atoms. The first-order valence-corrected chi connectivity index (χ1v) is 8.49. The van der Waals surface area contributed by atoms with Gasteiger partial charge in [0.2, 0.25) is 5.91 Å². The number of rotatable bonds is 5. The fourth-order valence-corrected chi connectivity index (χ4v) is 3.04. The summed E-state index contributed by atoms with van der Waals surface area (Å²) < 4.78 is 38.8. The molecule has 1 amide bonds. The highest BCUT2D eigenvalue weighted by molar-refractivity contribution is 5.85. The van der Waals surface area contributed by atoms with Gasteiger partial charge in [-0.2, -0.15) is 13.2 Å². The van der Waals surface area contributed by atoms with Crippen molar-refractivity contribution in [2.24, 2.45) is 5.73 Å². The van der Waals surface area contributed by atoms with Crippen molar-refractivity contribution in [2.75, 3.05) is 6.54 Å². The zero-order chi connectivity index (χ0) is 18.9. The Hall–Kier alpha value is -2.05. The lowest BCUT2D eigenvalue weighted by atomic mass is 9.94. The van der Waals surface area contributed by atoms with Crippen LogP contribution in [0.15, 0.2) is 48.5 Å². The minimum atomic E-state index is -4.37. The van der Waals surface area contributed by atoms with Crippen LogP contribution in [0, 0.1) is 6.92 Å². The van der Waals surface area contributed by atoms with Gasteiger partial charge in [0, 0.05) is 12.0 Å². The maximum Gasteiger partial charge on any atom is 0.416 e. The quantitative estimate of drug-likeness (QED) is 0.789. The third kappa shape index (κ3) is 4.82. The van der Waals surface area contributed by atoms with E-state index >= 15 is 0 Å². The van der Waals surface area contributed by atoms with Gasteiger partial charge in [-0.1, -0.05) is 48.0 Å². The summed E-state index contributed by atoms with van der Waals surface area (Å²) in [4.78, 5) is 12.3. The van der Waals surface area contributed by atoms with Gasteiger partial charge in [-0.05, 0) is 37.0 Å². The number of carbonyl (C=O) groups is 1. The van der Waals surface area contributed by atoms with Crippen molar-refractivity contribution >= 4 is 18.3 Å². The molecule has 1 unspecified atom stereocenters. The standard InChI is InChI=1S/C20H21F3N2O.ClH/c1-13-5-7-14(8-6-13)17(24)18(26)25-12-19(9-10-19)15-3-2-4-16(11-15)20(21,22)23;/h2-8,11,17H,9-10,12,24H2,1H3,(H,25,26);1H. The van der Waals surface area contributed by atoms with E-state index in [4.69, 9.17) is 5.73 Å². The van der Waals surface area contributed by atoms with Crippen LogP contribution < -0.4 is 11.1 Å². The molecular formula is C20H22ClF3N2O. The van der Waals surface area contributed by atoms with Crippen LogP contribution in [0.25, 0.3) is 0 Å². The number of nitrogens with one attached hydrogen (secondary N) is 1. The van der Waals surface area contributed by atoms with Gasteiger partial charge in [-0.25, -0.2) is 0 Å². The van der Waals surface area contributed by atoms with Crippen molar-refractivity contribution in [2.45, 2.75) is 37.4 Å². The van der Waals surface area contributed by atoms with E-state index in [2.05, 4.69) is 5.32 Å². The molecular weight excluding hydrogens is 377 g/mol. The fourth-order valence-electron chi connectivity index (χ4n) is 3.04. The summed E-state index contributed by atoms with van der Waals surface area (Å²) >= 11 is 0. The summed E-state index contributed by atoms with van der Waals surface area (Å²) in [5.41, 5.74) is 7.29. The van der Waals surface area contributed by atoms with Gasteiger partial charge in [-0.3, -0.25) is 4.79 Å². The Morgan fingerprint density at radius 1 is 1.19 bits per heavy atom. The van der Waals surface area contributed by atoms with Gasteiger partial charge in [0.15, 0.2) is 0 Å². The van der Waals surface area contributed by atoms with E-state index in [1.807, 2.05) is 19.1 Å². The Morgan fingerprint density at radius 2 is 1.81 bits per heavy atom. The zero-order valence-electron chi connectivity index (χ0n) is 14.8. The molecule has 2 aromatic carbocycles. The first-order chi connectivity index (χ1) is 12.2. The SMILES string of the molecule is Cc1ccc(C(N)C(=O)NCC2(c3cccc(C(F)(F)F)c3)CC2)cc1.Cl. The second-order valence-corrected chi connectivity index (χ2v) is 6.97. The molecule has 0 aliphatic heterocycles. The lowest BCUT2D eigenvalue weighted by molar-refractivity contribution is -0.137. The Kier molecular flexibility index (Phi) is 6.22. The lowest BCUT2D eigenvalue weighted by Crippen LogP contribution is -2.38. The number of alkyl halides is 3. The van der Waals surface area contributed by atoms with E-state index in [1.165, 1.54) is 12.1 Å². The molecule has 3 rings (SSSR count). The van der Waals surface area contributed by atoms with E-state index < -0.39 is 23.2 Å². The van der Waals surface area contributed by atoms with Crippen LogP contribution in [0.3, 0.4) is 0 Å². The molecule has 7 heteroatoms. The number of aryl methyl sites for hydroxylation is 1. The van der Waals surface area contributed by atoms with Crippen molar-refractivity contribution < 1.29 is 18.0 Å². The van der Waals surface area contributed by atoms with Crippen molar-refractivity contribution in [1.82, 2.24) is 5.32 Å². The van der Waals surface area contributed by atoms with Gasteiger partial charge < -0.3 is 11.1 Å². The van der Waals surface area contributed by atoms with Gasteiger partial charge in [0.25, 0.3) is 0 Å². The van der Waals surface area contributed by atoms with Gasteiger partial charge in [0.1, 0.15) is 6.04 Å². The average Bonchev–Trinajstić information content (AvgIpc) is 3.40. The number of carbonyl (C=O) groups excluding carboxylic acids is 1. The second-order valence-electron chi connectivity index (χ2n) is 6.97. The van der Waals surface area contributed by atoms with Crippen LogP contribution in [0.1, 0.15) is 41.1 Å². The van der Waals surface area contributed by atoms with Crippen LogP contribution >= 0.6 is 12.4 Å². The number of benzene rings is 2. The topological polar surface area (TPSA) is 55.1 Å². The Balaban J connectivity index is 0.00000261. The number of halogens is 4. The molecule has 3 N–H and O–H groups in total. The molecule has 146 valence electrons. The van der Waals surface area contributed by atoms with Crippen molar-refractivity contribution in [3.05, 3.63) is 70.8 Å². The molecule has 27 heavy (non-hydrogen) atoms. The van der Waals surface area contributed by atoms with Crippen LogP contribution in [-0.2, 0) is 16.4 Å². The summed E-state index contributed by atoms with van der Waals surface area (Å²) in [5, 5.41) is 2.81. The summed E-state index contributed by atoms with van der Waals surface area (Å²) in [6, 6.07) is 11.9. The van der Waals surface area contributed by atoms with Crippen molar-refractivity contribution in [3.63, 3.8) is 0 Å². The highest BCUT2D eigenvalue weighted by atomic mass is 35.5. The maximum atomic E-state index is 12.9. The largest absolute Gasteiger partial charge is 0.416 e. The van der Waals surface area contributed by atoms with Crippen LogP contribution in [0.4, 0.5) is 13.2 Å². The highest BCUT2D eigenvalue weighted by Crippen LogP contribution is 2.48. The van der Waals surface area contributed by atoms with Gasteiger partial charge in [-0.15, -0.1) is 12.4 Å². The molecule has 2 aromatic rings. The monoisotopic (exact) mass is 398 g/mol. The van der Waals surface area contributed by atoms with E-state index in [0.29, 0.717) is 11.1 Å². The number of hydrogen-bond donors (Lipinski definition) is 2. The summed E-state index contributed by atoms with van der Waals surface area (Å²) in [6.07, 6.45) is -2.88. The molecule has 0 radical (unpaired) electrons. The smallest absolute Gasteiger partial charge is 0.354 e. The van der Waals surface area contributed by atoms with E-state index in [1.54, 1.807) is 18.2 Å². The van der Waals surface area contributed by atoms with Crippen LogP contribution in [0.2, 0.25) is 0 Å². The Bertz CT molecular complexity index is 802. The molecule has 3 nitrogen and oxygen atoms in total. The van der Waals surface area contributed by atoms with E-state index in [-0.39, 0.29) is 24.9 Å². The summed E-state index contributed by atoms with van der Waals surface area (Å²) in [6.45, 7) is 2.23. The van der Waals surface area contributed by atoms with Gasteiger partial charge >= 0.3 is 6.18 Å². The number of amides is 1. The van der Waals surface area contributed by atoms with E-state index in [0.717, 1.165) is 24.5 Å². The first-order valence-electron chi connectivity index (χ1n) is 8.49. The summed E-state index contributed by atoms with van der Waals surface area (Å²) in [5.74, 6) is -0.327. The highest BCUT2D eigenvalue weighted by Gasteiger charge is 2.45. The predicted molar refractivity (Wildman–Crippen MR) is 101 cm³/mol. The zero-order valence-corrected chi connectivity index (χ0v) is 15.7. The Morgan fingerprint density at radius 3 is 2.37 bits per heavy atom. The van der Waals surface area contributed by atoms with Crippen molar-refractivity contribution in [3.8, 4) is 0 Å². The fraction of sp³-hybridized carbons (Fsp3) is 0.350. The molecule has 0 heterocycles. The second kappa shape index (κ2) is 7.90. The maximum absolute atomic E-state index is 12.9. The van der Waals surface area contributed by atoms with Crippen molar-refractivity contribution in [1.29, 1.82) is 0 Å². The molecule has 1 saturated carbocycles. The predicted octanol–water partition coefficient (Wildman–Crippen LogP) is 4.28. The first kappa shape index (κ1) is 21.3. The molecule has 1 aliphatic carbocycles. The van der Waals surface area contributed by atoms with Crippen LogP contribution in [0.5, 0.6) is 0 Å². The summed E-state index contributed by atoms with van der Waals surface area (Å²) in [7, 11) is 0. The molecule has 0 saturated heterocycles. The number of nitrogens with two attached hydrogens (primary N) is 1. The molecule has 0 bridgehead atoms. The third-order valence-electron chi connectivity index (χ3n) is 4.98. The average molecular weight is 399 g/mol.